The number of quaternary nitrogens is 1. The maximum atomic E-state index is 13.2. The predicted molar refractivity (Wildman–Crippen MR) is 197 cm³/mol. The Hall–Kier alpha value is -5.58. The van der Waals surface area contributed by atoms with E-state index in [1.165, 1.54) is 25.1 Å². The molecule has 0 fully saturated rings. The van der Waals surface area contributed by atoms with E-state index in [1.807, 2.05) is 0 Å². The third-order valence-electron chi connectivity index (χ3n) is 10.5. The first-order chi connectivity index (χ1) is 25.1. The van der Waals surface area contributed by atoms with Crippen LogP contribution >= 0.6 is 0 Å². The molecule has 0 spiro atoms. The first-order valence-corrected chi connectivity index (χ1v) is 17.6. The molecule has 17 nitrogen and oxygen atoms in total. The zero-order valence-corrected chi connectivity index (χ0v) is 32.2. The second-order valence-electron chi connectivity index (χ2n) is 14.4. The molecule has 0 aromatic carbocycles. The zero-order chi connectivity index (χ0) is 40.7. The summed E-state index contributed by atoms with van der Waals surface area (Å²) in [6, 6.07) is 1.69. The SMILES string of the molecule is CC(=O)NC(CCC(=O)NCc1c(O)c(=O)cc(C)n1C)(CCC(=O)NCc1c(O)c(=O)cc(C)n1C)CCC(=O)NCC1C(=O)C(=O)C=C(C)[N+]1(C)C. The largest absolute Gasteiger partial charge is 0.503 e. The molecule has 6 N–H and O–H groups in total. The minimum atomic E-state index is -1.26. The van der Waals surface area contributed by atoms with Gasteiger partial charge >= 0.3 is 0 Å². The molecular formula is C37H52N7O10+. The first kappa shape index (κ1) is 42.8. The van der Waals surface area contributed by atoms with Crippen molar-refractivity contribution in [1.82, 2.24) is 30.4 Å². The Labute approximate surface area is 313 Å². The van der Waals surface area contributed by atoms with Crippen molar-refractivity contribution in [2.45, 2.75) is 90.9 Å². The van der Waals surface area contributed by atoms with Crippen molar-refractivity contribution in [1.29, 1.82) is 0 Å². The summed E-state index contributed by atoms with van der Waals surface area (Å²) in [7, 11) is 6.77. The topological polar surface area (TPSA) is 235 Å². The molecule has 0 saturated carbocycles. The highest BCUT2D eigenvalue weighted by molar-refractivity contribution is 6.43. The summed E-state index contributed by atoms with van der Waals surface area (Å²) in [6.45, 7) is 5.88. The molecule has 0 radical (unpaired) electrons. The number of carbonyl (C=O) groups is 6. The molecular weight excluding hydrogens is 702 g/mol. The van der Waals surface area contributed by atoms with Crippen LogP contribution in [0.3, 0.4) is 0 Å². The lowest BCUT2D eigenvalue weighted by Gasteiger charge is -2.39. The molecule has 17 heteroatoms. The molecule has 54 heavy (non-hydrogen) atoms. The van der Waals surface area contributed by atoms with Crippen molar-refractivity contribution in [2.24, 2.45) is 14.1 Å². The van der Waals surface area contributed by atoms with Gasteiger partial charge in [-0.2, -0.15) is 0 Å². The average molecular weight is 755 g/mol. The lowest BCUT2D eigenvalue weighted by molar-refractivity contribution is -0.867. The monoisotopic (exact) mass is 754 g/mol. The molecule has 1 unspecified atom stereocenters. The molecule has 1 aliphatic rings. The lowest BCUT2D eigenvalue weighted by atomic mass is 9.83. The van der Waals surface area contributed by atoms with Gasteiger partial charge in [-0.15, -0.1) is 0 Å². The molecule has 294 valence electrons. The Morgan fingerprint density at radius 3 is 1.56 bits per heavy atom. The van der Waals surface area contributed by atoms with Crippen LogP contribution < -0.4 is 32.1 Å². The number of allylic oxidation sites excluding steroid dienone is 2. The van der Waals surface area contributed by atoms with Gasteiger partial charge in [-0.25, -0.2) is 0 Å². The highest BCUT2D eigenvalue weighted by Gasteiger charge is 2.44. The quantitative estimate of drug-likeness (QED) is 0.0982. The minimum Gasteiger partial charge on any atom is -0.503 e. The predicted octanol–water partition coefficient (Wildman–Crippen LogP) is -0.123. The van der Waals surface area contributed by atoms with Crippen LogP contribution in [-0.2, 0) is 56.0 Å². The van der Waals surface area contributed by atoms with Crippen molar-refractivity contribution in [3.8, 4) is 11.5 Å². The average Bonchev–Trinajstić information content (AvgIpc) is 3.09. The van der Waals surface area contributed by atoms with Crippen LogP contribution in [0.1, 0.15) is 75.1 Å². The van der Waals surface area contributed by atoms with E-state index in [2.05, 4.69) is 21.3 Å². The molecule has 1 aliphatic heterocycles. The summed E-state index contributed by atoms with van der Waals surface area (Å²) in [5.41, 5.74) is -0.281. The Morgan fingerprint density at radius 2 is 1.15 bits per heavy atom. The molecule has 3 rings (SSSR count). The van der Waals surface area contributed by atoms with Crippen molar-refractivity contribution < 1.29 is 43.5 Å². The molecule has 0 saturated heterocycles. The van der Waals surface area contributed by atoms with E-state index in [0.717, 1.165) is 0 Å². The van der Waals surface area contributed by atoms with Gasteiger partial charge in [0, 0.05) is 82.3 Å². The van der Waals surface area contributed by atoms with Gasteiger partial charge < -0.3 is 40.6 Å². The number of aryl methyl sites for hydroxylation is 2. The number of carbonyl (C=O) groups excluding carboxylic acids is 6. The maximum absolute atomic E-state index is 13.2. The van der Waals surface area contributed by atoms with Crippen molar-refractivity contribution >= 4 is 35.2 Å². The number of nitrogens with one attached hydrogen (secondary N) is 4. The Morgan fingerprint density at radius 1 is 0.741 bits per heavy atom. The highest BCUT2D eigenvalue weighted by Crippen LogP contribution is 2.27. The van der Waals surface area contributed by atoms with Crippen LogP contribution in [0.2, 0.25) is 0 Å². The number of ketones is 2. The lowest BCUT2D eigenvalue weighted by Crippen LogP contribution is -2.60. The Kier molecular flexibility index (Phi) is 13.9. The normalized spacial score (nSPS) is 15.3. The zero-order valence-electron chi connectivity index (χ0n) is 32.2. The molecule has 1 atom stereocenters. The van der Waals surface area contributed by atoms with Gasteiger partial charge in [0.2, 0.25) is 40.3 Å². The van der Waals surface area contributed by atoms with Gasteiger partial charge in [-0.05, 0) is 33.1 Å². The number of rotatable bonds is 16. The minimum absolute atomic E-state index is 0.0194. The number of hydrogen-bond donors (Lipinski definition) is 6. The number of hydrogen-bond acceptors (Lipinski definition) is 10. The second-order valence-corrected chi connectivity index (χ2v) is 14.4. The van der Waals surface area contributed by atoms with E-state index in [-0.39, 0.29) is 74.0 Å². The van der Waals surface area contributed by atoms with E-state index < -0.39 is 69.1 Å². The molecule has 0 bridgehead atoms. The first-order valence-electron chi connectivity index (χ1n) is 17.6. The van der Waals surface area contributed by atoms with Crippen molar-refractivity contribution in [3.05, 3.63) is 67.1 Å². The highest BCUT2D eigenvalue weighted by atomic mass is 16.3. The smallest absolute Gasteiger partial charge is 0.262 e. The summed E-state index contributed by atoms with van der Waals surface area (Å²) in [6.07, 6.45) is 0.679. The van der Waals surface area contributed by atoms with Gasteiger partial charge in [0.1, 0.15) is 5.70 Å². The summed E-state index contributed by atoms with van der Waals surface area (Å²) < 4.78 is 3.21. The molecule has 3 heterocycles. The van der Waals surface area contributed by atoms with Crippen LogP contribution in [0.4, 0.5) is 0 Å². The van der Waals surface area contributed by atoms with Gasteiger partial charge in [-0.3, -0.25) is 42.8 Å². The summed E-state index contributed by atoms with van der Waals surface area (Å²) in [5, 5.41) is 31.5. The van der Waals surface area contributed by atoms with Crippen LogP contribution in [0.25, 0.3) is 0 Å². The molecule has 0 aliphatic carbocycles. The summed E-state index contributed by atoms with van der Waals surface area (Å²) in [5.74, 6) is -4.24. The van der Waals surface area contributed by atoms with Gasteiger partial charge in [-0.1, -0.05) is 0 Å². The summed E-state index contributed by atoms with van der Waals surface area (Å²) in [4.78, 5) is 101. The number of nitrogens with zero attached hydrogens (tertiary/aromatic N) is 3. The van der Waals surface area contributed by atoms with E-state index in [1.54, 1.807) is 58.1 Å². The van der Waals surface area contributed by atoms with E-state index in [4.69, 9.17) is 0 Å². The number of aromatic hydroxyl groups is 2. The third-order valence-corrected chi connectivity index (χ3v) is 10.5. The van der Waals surface area contributed by atoms with Crippen LogP contribution in [0.15, 0.2) is 33.5 Å². The van der Waals surface area contributed by atoms with Crippen molar-refractivity contribution in [3.63, 3.8) is 0 Å². The van der Waals surface area contributed by atoms with Crippen molar-refractivity contribution in [2.75, 3.05) is 20.6 Å². The van der Waals surface area contributed by atoms with E-state index in [9.17, 15) is 48.6 Å². The number of Topliss-reactive ketones (excluding diaryl/α,β-unsaturated/α-hetero) is 1. The Balaban J connectivity index is 1.79. The Bertz CT molecular complexity index is 1900. The maximum Gasteiger partial charge on any atom is 0.262 e. The molecule has 2 aromatic heterocycles. The fraction of sp³-hybridized carbons (Fsp3) is 0.514. The van der Waals surface area contributed by atoms with E-state index in [0.29, 0.717) is 17.1 Å². The van der Waals surface area contributed by atoms with Crippen LogP contribution in [-0.4, -0.2) is 91.2 Å². The van der Waals surface area contributed by atoms with Gasteiger partial charge in [0.05, 0.1) is 45.1 Å². The molecule has 2 aromatic rings. The third kappa shape index (κ3) is 10.3. The fourth-order valence-electron chi connectivity index (χ4n) is 6.43. The molecule has 4 amide bonds. The fourth-order valence-corrected chi connectivity index (χ4v) is 6.43. The standard InChI is InChI=1S/C37H51N7O10/c1-21-15-28(46)34(52)25(42(21)5)18-38-31(49)9-12-37(41-24(4)45,13-10-32(50)39-19-26-35(53)29(47)16-22(2)43(26)6)14-11-33(51)40-20-27-36(54)30(48)17-23(3)44(27,7)8/h15-17,27H,9-14,18-20H2,1-8H3,(H5-,38,39,40,41,45,49,50,51,52,53)/p+1. The van der Waals surface area contributed by atoms with Gasteiger partial charge in [0.15, 0.2) is 17.5 Å². The number of pyridine rings is 2. The van der Waals surface area contributed by atoms with E-state index >= 15 is 0 Å². The number of aromatic nitrogens is 2. The number of amides is 4. The van der Waals surface area contributed by atoms with Gasteiger partial charge in [0.25, 0.3) is 5.78 Å². The van der Waals surface area contributed by atoms with Crippen LogP contribution in [0.5, 0.6) is 11.5 Å². The number of likely N-dealkylation sites (N-methyl/N-ethyl adjacent to an activating group) is 1. The van der Waals surface area contributed by atoms with Crippen LogP contribution in [0, 0.1) is 13.8 Å². The summed E-state index contributed by atoms with van der Waals surface area (Å²) >= 11 is 0. The second kappa shape index (κ2) is 17.5.